The van der Waals surface area contributed by atoms with E-state index in [4.69, 9.17) is 14.2 Å². The van der Waals surface area contributed by atoms with E-state index in [2.05, 4.69) is 19.7 Å². The van der Waals surface area contributed by atoms with Gasteiger partial charge in [-0.15, -0.1) is 0 Å². The first-order valence-electron chi connectivity index (χ1n) is 13.3. The molecule has 0 saturated carbocycles. The zero-order chi connectivity index (χ0) is 25.5. The van der Waals surface area contributed by atoms with Gasteiger partial charge in [-0.2, -0.15) is 0 Å². The Morgan fingerprint density at radius 1 is 0.649 bits per heavy atom. The summed E-state index contributed by atoms with van der Waals surface area (Å²) >= 11 is 0. The Balaban J connectivity index is 1.58. The van der Waals surface area contributed by atoms with Crippen LogP contribution in [0.25, 0.3) is 12.2 Å². The van der Waals surface area contributed by atoms with Crippen molar-refractivity contribution < 1.29 is 24.4 Å². The molecule has 9 heteroatoms. The highest BCUT2D eigenvalue weighted by molar-refractivity contribution is 5.76. The maximum absolute atomic E-state index is 11.7. The minimum Gasteiger partial charge on any atom is -0.507 e. The molecule has 0 bridgehead atoms. The second-order valence-electron chi connectivity index (χ2n) is 9.80. The van der Waals surface area contributed by atoms with Crippen LogP contribution < -0.4 is 0 Å². The first kappa shape index (κ1) is 26.1. The molecule has 0 amide bonds. The van der Waals surface area contributed by atoms with Gasteiger partial charge in [-0.1, -0.05) is 12.1 Å². The van der Waals surface area contributed by atoms with Crippen molar-refractivity contribution in [2.75, 3.05) is 78.9 Å². The van der Waals surface area contributed by atoms with Crippen LogP contribution in [0.4, 0.5) is 0 Å². The number of hydrogen-bond acceptors (Lipinski definition) is 9. The molecule has 1 aromatic carbocycles. The van der Waals surface area contributed by atoms with Gasteiger partial charge in [-0.25, -0.2) is 0 Å². The van der Waals surface area contributed by atoms with Crippen LogP contribution in [0.2, 0.25) is 0 Å². The zero-order valence-electron chi connectivity index (χ0n) is 21.5. The van der Waals surface area contributed by atoms with E-state index in [1.54, 1.807) is 6.20 Å². The lowest BCUT2D eigenvalue weighted by molar-refractivity contribution is 0.0315. The molecule has 5 rings (SSSR count). The van der Waals surface area contributed by atoms with E-state index in [1.165, 1.54) is 0 Å². The topological polar surface area (TPSA) is 90.8 Å². The molecule has 2 aromatic rings. The number of nitrogens with zero attached hydrogens (tertiary/aromatic N) is 4. The normalized spacial score (nSPS) is 20.5. The molecule has 0 unspecified atom stereocenters. The van der Waals surface area contributed by atoms with Crippen LogP contribution in [0.3, 0.4) is 0 Å². The predicted octanol–water partition coefficient (Wildman–Crippen LogP) is 2.16. The second kappa shape index (κ2) is 12.8. The second-order valence-corrected chi connectivity index (χ2v) is 9.80. The molecule has 4 heterocycles. The number of pyridine rings is 1. The van der Waals surface area contributed by atoms with Gasteiger partial charge < -0.3 is 24.4 Å². The Labute approximate surface area is 218 Å². The molecule has 0 radical (unpaired) electrons. The highest BCUT2D eigenvalue weighted by Gasteiger charge is 2.27. The molecule has 2 N–H and O–H groups in total. The molecule has 37 heavy (non-hydrogen) atoms. The van der Waals surface area contributed by atoms with Crippen molar-refractivity contribution in [3.8, 4) is 11.5 Å². The van der Waals surface area contributed by atoms with Crippen LogP contribution in [0.5, 0.6) is 11.5 Å². The van der Waals surface area contributed by atoms with Crippen LogP contribution in [0.15, 0.2) is 24.4 Å². The van der Waals surface area contributed by atoms with Crippen LogP contribution >= 0.6 is 0 Å². The molecule has 0 atom stereocenters. The molecule has 1 aromatic heterocycles. The SMILES string of the molecule is Oc1c(CN2CCOCC2)c(O)c(CN2CCOCC2)c(/C=C/c2ccccn2)c1CN1CCOCC1. The Bertz CT molecular complexity index is 999. The summed E-state index contributed by atoms with van der Waals surface area (Å²) < 4.78 is 16.7. The first-order chi connectivity index (χ1) is 18.2. The minimum absolute atomic E-state index is 0.182. The standard InChI is InChI=1S/C28H38N4O5/c33-27-24(19-30-7-13-35-14-8-30)23(5-4-22-3-1-2-6-29-22)25(20-31-9-15-36-16-10-31)28(34)26(27)21-32-11-17-37-18-12-32/h1-6,33-34H,7-21H2/b5-4+. The third-order valence-corrected chi connectivity index (χ3v) is 7.36. The summed E-state index contributed by atoms with van der Waals surface area (Å²) in [6.45, 7) is 10.5. The molecule has 200 valence electrons. The van der Waals surface area contributed by atoms with Gasteiger partial charge in [0.05, 0.1) is 50.9 Å². The third kappa shape index (κ3) is 6.67. The number of hydrogen-bond donors (Lipinski definition) is 2. The maximum atomic E-state index is 11.7. The molecule has 3 aliphatic rings. The average molecular weight is 511 g/mol. The number of morpholine rings is 3. The third-order valence-electron chi connectivity index (χ3n) is 7.36. The lowest BCUT2D eigenvalue weighted by Crippen LogP contribution is -2.37. The van der Waals surface area contributed by atoms with E-state index < -0.39 is 0 Å². The van der Waals surface area contributed by atoms with Gasteiger partial charge in [0.1, 0.15) is 11.5 Å². The molecule has 0 spiro atoms. The fraction of sp³-hybridized carbons (Fsp3) is 0.536. The number of ether oxygens (including phenoxy) is 3. The predicted molar refractivity (Wildman–Crippen MR) is 141 cm³/mol. The zero-order valence-corrected chi connectivity index (χ0v) is 21.5. The van der Waals surface area contributed by atoms with Crippen molar-refractivity contribution >= 4 is 12.2 Å². The molecule has 3 fully saturated rings. The number of phenols is 2. The minimum atomic E-state index is 0.182. The van der Waals surface area contributed by atoms with Gasteiger partial charge in [0.15, 0.2) is 0 Å². The van der Waals surface area contributed by atoms with E-state index in [-0.39, 0.29) is 11.5 Å². The number of phenolic OH excluding ortho intramolecular Hbond substituents is 2. The molecule has 9 nitrogen and oxygen atoms in total. The highest BCUT2D eigenvalue weighted by Crippen LogP contribution is 2.41. The van der Waals surface area contributed by atoms with Gasteiger partial charge in [0.2, 0.25) is 0 Å². The molecule has 3 saturated heterocycles. The Morgan fingerprint density at radius 2 is 1.11 bits per heavy atom. The van der Waals surface area contributed by atoms with Gasteiger partial charge in [0.25, 0.3) is 0 Å². The van der Waals surface area contributed by atoms with Crippen molar-refractivity contribution in [1.82, 2.24) is 19.7 Å². The lowest BCUT2D eigenvalue weighted by Gasteiger charge is -2.32. The molecular formula is C28H38N4O5. The fourth-order valence-corrected chi connectivity index (χ4v) is 5.18. The number of rotatable bonds is 8. The largest absolute Gasteiger partial charge is 0.507 e. The Kier molecular flexibility index (Phi) is 9.04. The van der Waals surface area contributed by atoms with Gasteiger partial charge in [-0.05, 0) is 23.8 Å². The van der Waals surface area contributed by atoms with Crippen molar-refractivity contribution in [2.45, 2.75) is 19.6 Å². The molecule has 3 aliphatic heterocycles. The lowest BCUT2D eigenvalue weighted by atomic mass is 9.92. The summed E-state index contributed by atoms with van der Waals surface area (Å²) in [7, 11) is 0. The fourth-order valence-electron chi connectivity index (χ4n) is 5.18. The summed E-state index contributed by atoms with van der Waals surface area (Å²) in [4.78, 5) is 11.3. The smallest absolute Gasteiger partial charge is 0.128 e. The van der Waals surface area contributed by atoms with Crippen LogP contribution in [-0.2, 0) is 33.8 Å². The molecular weight excluding hydrogens is 472 g/mol. The van der Waals surface area contributed by atoms with Crippen LogP contribution in [-0.4, -0.2) is 109 Å². The number of aromatic hydroxyl groups is 2. The summed E-state index contributed by atoms with van der Waals surface area (Å²) in [5, 5.41) is 23.4. The highest BCUT2D eigenvalue weighted by atomic mass is 16.5. The summed E-state index contributed by atoms with van der Waals surface area (Å²) in [5.41, 5.74) is 3.98. The quantitative estimate of drug-likeness (QED) is 0.554. The summed E-state index contributed by atoms with van der Waals surface area (Å²) in [6, 6.07) is 5.80. The molecule has 0 aliphatic carbocycles. The first-order valence-corrected chi connectivity index (χ1v) is 13.3. The average Bonchev–Trinajstić information content (AvgIpc) is 2.95. The maximum Gasteiger partial charge on any atom is 0.128 e. The van der Waals surface area contributed by atoms with Crippen LogP contribution in [0, 0.1) is 0 Å². The Morgan fingerprint density at radius 3 is 1.54 bits per heavy atom. The van der Waals surface area contributed by atoms with Gasteiger partial charge in [-0.3, -0.25) is 19.7 Å². The van der Waals surface area contributed by atoms with E-state index in [9.17, 15) is 10.2 Å². The van der Waals surface area contributed by atoms with Crippen LogP contribution in [0.1, 0.15) is 27.9 Å². The van der Waals surface area contributed by atoms with Gasteiger partial charge in [0, 0.05) is 76.2 Å². The van der Waals surface area contributed by atoms with Gasteiger partial charge >= 0.3 is 0 Å². The van der Waals surface area contributed by atoms with E-state index in [0.717, 1.165) is 61.7 Å². The van der Waals surface area contributed by atoms with Crippen molar-refractivity contribution in [3.63, 3.8) is 0 Å². The summed E-state index contributed by atoms with van der Waals surface area (Å²) in [6.07, 6.45) is 5.73. The van der Waals surface area contributed by atoms with Crippen molar-refractivity contribution in [3.05, 3.63) is 52.3 Å². The van der Waals surface area contributed by atoms with Crippen molar-refractivity contribution in [2.24, 2.45) is 0 Å². The van der Waals surface area contributed by atoms with E-state index >= 15 is 0 Å². The van der Waals surface area contributed by atoms with E-state index in [1.807, 2.05) is 30.4 Å². The van der Waals surface area contributed by atoms with Crippen molar-refractivity contribution in [1.29, 1.82) is 0 Å². The number of benzene rings is 1. The van der Waals surface area contributed by atoms with E-state index in [0.29, 0.717) is 64.8 Å². The number of aromatic nitrogens is 1. The monoisotopic (exact) mass is 510 g/mol. The summed E-state index contributed by atoms with van der Waals surface area (Å²) in [5.74, 6) is 0.365. The Hall–Kier alpha value is -2.53.